The van der Waals surface area contributed by atoms with Crippen LogP contribution in [0.25, 0.3) is 11.0 Å². The summed E-state index contributed by atoms with van der Waals surface area (Å²) in [6.07, 6.45) is 1.57. The van der Waals surface area contributed by atoms with Crippen LogP contribution in [0.5, 0.6) is 11.5 Å². The molecule has 3 aromatic rings. The molecule has 0 saturated heterocycles. The monoisotopic (exact) mass is 281 g/mol. The third kappa shape index (κ3) is 1.97. The SMILES string of the molecule is O=C(Nc1ccc2c(c1)OCO2)c1cccc2[nH]cnc12. The summed E-state index contributed by atoms with van der Waals surface area (Å²) in [5.41, 5.74) is 2.65. The van der Waals surface area contributed by atoms with E-state index in [1.54, 1.807) is 30.6 Å². The van der Waals surface area contributed by atoms with E-state index < -0.39 is 0 Å². The van der Waals surface area contributed by atoms with E-state index in [-0.39, 0.29) is 12.7 Å². The van der Waals surface area contributed by atoms with Gasteiger partial charge in [0.2, 0.25) is 6.79 Å². The third-order valence-corrected chi connectivity index (χ3v) is 3.32. The number of nitrogens with zero attached hydrogens (tertiary/aromatic N) is 1. The minimum absolute atomic E-state index is 0.208. The molecule has 0 saturated carbocycles. The number of nitrogens with one attached hydrogen (secondary N) is 2. The van der Waals surface area contributed by atoms with Crippen molar-refractivity contribution in [3.63, 3.8) is 0 Å². The number of benzene rings is 2. The molecule has 1 aliphatic heterocycles. The van der Waals surface area contributed by atoms with E-state index in [2.05, 4.69) is 15.3 Å². The number of H-pyrrole nitrogens is 1. The van der Waals surface area contributed by atoms with Crippen LogP contribution in [0, 0.1) is 0 Å². The highest BCUT2D eigenvalue weighted by atomic mass is 16.7. The molecule has 0 spiro atoms. The van der Waals surface area contributed by atoms with E-state index in [0.29, 0.717) is 28.3 Å². The van der Waals surface area contributed by atoms with Gasteiger partial charge in [-0.05, 0) is 24.3 Å². The van der Waals surface area contributed by atoms with Gasteiger partial charge in [-0.3, -0.25) is 4.79 Å². The van der Waals surface area contributed by atoms with Crippen LogP contribution >= 0.6 is 0 Å². The lowest BCUT2D eigenvalue weighted by Crippen LogP contribution is -2.12. The first kappa shape index (κ1) is 11.8. The predicted octanol–water partition coefficient (Wildman–Crippen LogP) is 2.54. The number of aromatic amines is 1. The highest BCUT2D eigenvalue weighted by Gasteiger charge is 2.16. The molecule has 1 aliphatic rings. The van der Waals surface area contributed by atoms with Crippen LogP contribution in [-0.2, 0) is 0 Å². The zero-order valence-corrected chi connectivity index (χ0v) is 10.9. The van der Waals surface area contributed by atoms with Crippen molar-refractivity contribution in [1.82, 2.24) is 9.97 Å². The number of hydrogen-bond donors (Lipinski definition) is 2. The lowest BCUT2D eigenvalue weighted by atomic mass is 10.1. The van der Waals surface area contributed by atoms with Crippen LogP contribution in [0.2, 0.25) is 0 Å². The minimum Gasteiger partial charge on any atom is -0.454 e. The molecule has 4 rings (SSSR count). The fourth-order valence-corrected chi connectivity index (χ4v) is 2.32. The molecule has 0 aliphatic carbocycles. The van der Waals surface area contributed by atoms with E-state index >= 15 is 0 Å². The second-order valence-electron chi connectivity index (χ2n) is 4.63. The first-order valence-corrected chi connectivity index (χ1v) is 6.44. The smallest absolute Gasteiger partial charge is 0.257 e. The summed E-state index contributed by atoms with van der Waals surface area (Å²) < 4.78 is 10.5. The van der Waals surface area contributed by atoms with Crippen molar-refractivity contribution in [2.24, 2.45) is 0 Å². The highest BCUT2D eigenvalue weighted by molar-refractivity contribution is 6.11. The molecular formula is C15H11N3O3. The molecular weight excluding hydrogens is 270 g/mol. The van der Waals surface area contributed by atoms with Crippen molar-refractivity contribution >= 4 is 22.6 Å². The van der Waals surface area contributed by atoms with Gasteiger partial charge < -0.3 is 19.8 Å². The maximum absolute atomic E-state index is 12.4. The quantitative estimate of drug-likeness (QED) is 0.756. The molecule has 1 aromatic heterocycles. The van der Waals surface area contributed by atoms with Gasteiger partial charge in [0.05, 0.1) is 17.4 Å². The number of aromatic nitrogens is 2. The summed E-state index contributed by atoms with van der Waals surface area (Å²) in [5.74, 6) is 1.10. The molecule has 21 heavy (non-hydrogen) atoms. The number of rotatable bonds is 2. The topological polar surface area (TPSA) is 76.2 Å². The largest absolute Gasteiger partial charge is 0.454 e. The number of hydrogen-bond acceptors (Lipinski definition) is 4. The molecule has 2 aromatic carbocycles. The standard InChI is InChI=1S/C15H11N3O3/c19-15(10-2-1-3-11-14(10)17-7-16-11)18-9-4-5-12-13(6-9)21-8-20-12/h1-7H,8H2,(H,16,17)(H,18,19). The van der Waals surface area contributed by atoms with Crippen molar-refractivity contribution in [1.29, 1.82) is 0 Å². The Labute approximate surface area is 119 Å². The van der Waals surface area contributed by atoms with Gasteiger partial charge in [-0.25, -0.2) is 4.98 Å². The summed E-state index contributed by atoms with van der Waals surface area (Å²) in [7, 11) is 0. The molecule has 0 unspecified atom stereocenters. The summed E-state index contributed by atoms with van der Waals surface area (Å²) in [5, 5.41) is 2.84. The lowest BCUT2D eigenvalue weighted by molar-refractivity contribution is 0.102. The molecule has 0 fully saturated rings. The van der Waals surface area contributed by atoms with Gasteiger partial charge in [0.15, 0.2) is 11.5 Å². The van der Waals surface area contributed by atoms with Gasteiger partial charge in [-0.1, -0.05) is 6.07 Å². The van der Waals surface area contributed by atoms with Crippen LogP contribution in [0.1, 0.15) is 10.4 Å². The number of amides is 1. The van der Waals surface area contributed by atoms with Gasteiger partial charge in [0.1, 0.15) is 5.52 Å². The molecule has 0 atom stereocenters. The van der Waals surface area contributed by atoms with Crippen molar-refractivity contribution in [3.8, 4) is 11.5 Å². The number of ether oxygens (including phenoxy) is 2. The average Bonchev–Trinajstić information content (AvgIpc) is 3.14. The van der Waals surface area contributed by atoms with Crippen molar-refractivity contribution in [2.75, 3.05) is 12.1 Å². The Bertz CT molecular complexity index is 841. The average molecular weight is 281 g/mol. The molecule has 0 radical (unpaired) electrons. The fourth-order valence-electron chi connectivity index (χ4n) is 2.32. The van der Waals surface area contributed by atoms with Crippen LogP contribution in [0.3, 0.4) is 0 Å². The number of anilines is 1. The zero-order chi connectivity index (χ0) is 14.2. The number of imidazole rings is 1. The van der Waals surface area contributed by atoms with E-state index in [1.807, 2.05) is 12.1 Å². The zero-order valence-electron chi connectivity index (χ0n) is 10.9. The van der Waals surface area contributed by atoms with Crippen LogP contribution in [0.4, 0.5) is 5.69 Å². The van der Waals surface area contributed by atoms with Crippen molar-refractivity contribution in [3.05, 3.63) is 48.3 Å². The van der Waals surface area contributed by atoms with Gasteiger partial charge in [-0.2, -0.15) is 0 Å². The second kappa shape index (κ2) is 4.52. The number of fused-ring (bicyclic) bond motifs is 2. The van der Waals surface area contributed by atoms with E-state index in [4.69, 9.17) is 9.47 Å². The highest BCUT2D eigenvalue weighted by Crippen LogP contribution is 2.34. The Hall–Kier alpha value is -3.02. The Morgan fingerprint density at radius 3 is 3.05 bits per heavy atom. The van der Waals surface area contributed by atoms with Crippen LogP contribution in [-0.4, -0.2) is 22.7 Å². The molecule has 104 valence electrons. The van der Waals surface area contributed by atoms with Gasteiger partial charge in [-0.15, -0.1) is 0 Å². The van der Waals surface area contributed by atoms with E-state index in [9.17, 15) is 4.79 Å². The Morgan fingerprint density at radius 2 is 2.10 bits per heavy atom. The fraction of sp³-hybridized carbons (Fsp3) is 0.0667. The Kier molecular flexibility index (Phi) is 2.53. The maximum Gasteiger partial charge on any atom is 0.257 e. The molecule has 2 N–H and O–H groups in total. The molecule has 6 nitrogen and oxygen atoms in total. The lowest BCUT2D eigenvalue weighted by Gasteiger charge is -2.06. The van der Waals surface area contributed by atoms with Gasteiger partial charge in [0, 0.05) is 11.8 Å². The first-order valence-electron chi connectivity index (χ1n) is 6.44. The minimum atomic E-state index is -0.216. The molecule has 1 amide bonds. The van der Waals surface area contributed by atoms with Crippen molar-refractivity contribution < 1.29 is 14.3 Å². The summed E-state index contributed by atoms with van der Waals surface area (Å²) in [4.78, 5) is 19.6. The summed E-state index contributed by atoms with van der Waals surface area (Å²) >= 11 is 0. The maximum atomic E-state index is 12.4. The van der Waals surface area contributed by atoms with Gasteiger partial charge >= 0.3 is 0 Å². The number of carbonyl (C=O) groups is 1. The molecule has 6 heteroatoms. The second-order valence-corrected chi connectivity index (χ2v) is 4.63. The van der Waals surface area contributed by atoms with Crippen LogP contribution < -0.4 is 14.8 Å². The molecule has 0 bridgehead atoms. The first-order chi connectivity index (χ1) is 10.3. The summed E-state index contributed by atoms with van der Waals surface area (Å²) in [6.45, 7) is 0.208. The number of para-hydroxylation sites is 1. The van der Waals surface area contributed by atoms with E-state index in [0.717, 1.165) is 5.52 Å². The third-order valence-electron chi connectivity index (χ3n) is 3.32. The number of carbonyl (C=O) groups excluding carboxylic acids is 1. The van der Waals surface area contributed by atoms with E-state index in [1.165, 1.54) is 0 Å². The normalized spacial score (nSPS) is 12.6. The van der Waals surface area contributed by atoms with Crippen LogP contribution in [0.15, 0.2) is 42.7 Å². The Morgan fingerprint density at radius 1 is 1.19 bits per heavy atom. The van der Waals surface area contributed by atoms with Gasteiger partial charge in [0.25, 0.3) is 5.91 Å². The van der Waals surface area contributed by atoms with Crippen molar-refractivity contribution in [2.45, 2.75) is 0 Å². The summed E-state index contributed by atoms with van der Waals surface area (Å²) in [6, 6.07) is 10.7. The predicted molar refractivity (Wildman–Crippen MR) is 76.6 cm³/mol. The Balaban J connectivity index is 1.65. The molecule has 2 heterocycles.